The Labute approximate surface area is 186 Å². The van der Waals surface area contributed by atoms with Crippen molar-refractivity contribution in [2.45, 2.75) is 31.9 Å². The standard InChI is InChI=1S/C23H20F3N5O2/c1-22(2,10-19-29-28-13-30(19)3)15-5-4-6-16(9-15)31-12-27-20-17(21(31)33)7-14(11-32)8-18(20)23(24,25)26/h4-9,11-13H,10H2,1-3H3. The molecular weight excluding hydrogens is 435 g/mol. The second-order valence-electron chi connectivity index (χ2n) is 8.47. The smallest absolute Gasteiger partial charge is 0.321 e. The lowest BCUT2D eigenvalue weighted by molar-refractivity contribution is -0.136. The van der Waals surface area contributed by atoms with Crippen LogP contribution in [0.4, 0.5) is 13.2 Å². The number of benzene rings is 2. The van der Waals surface area contributed by atoms with Crippen molar-refractivity contribution in [2.24, 2.45) is 7.05 Å². The monoisotopic (exact) mass is 455 g/mol. The van der Waals surface area contributed by atoms with Gasteiger partial charge in [-0.05, 0) is 35.2 Å². The molecule has 33 heavy (non-hydrogen) atoms. The van der Waals surface area contributed by atoms with Crippen molar-refractivity contribution in [3.05, 3.63) is 81.9 Å². The normalized spacial score (nSPS) is 12.3. The van der Waals surface area contributed by atoms with E-state index in [0.717, 1.165) is 23.8 Å². The van der Waals surface area contributed by atoms with Crippen LogP contribution in [-0.4, -0.2) is 30.6 Å². The van der Waals surface area contributed by atoms with E-state index >= 15 is 0 Å². The third-order valence-corrected chi connectivity index (χ3v) is 5.64. The van der Waals surface area contributed by atoms with Crippen molar-refractivity contribution in [1.29, 1.82) is 0 Å². The summed E-state index contributed by atoms with van der Waals surface area (Å²) in [5.74, 6) is 0.788. The van der Waals surface area contributed by atoms with Gasteiger partial charge in [-0.25, -0.2) is 4.98 Å². The molecule has 0 saturated carbocycles. The zero-order valence-electron chi connectivity index (χ0n) is 18.1. The highest BCUT2D eigenvalue weighted by molar-refractivity contribution is 5.89. The van der Waals surface area contributed by atoms with Crippen LogP contribution >= 0.6 is 0 Å². The predicted molar refractivity (Wildman–Crippen MR) is 115 cm³/mol. The van der Waals surface area contributed by atoms with Crippen molar-refractivity contribution < 1.29 is 18.0 Å². The highest BCUT2D eigenvalue weighted by Gasteiger charge is 2.34. The van der Waals surface area contributed by atoms with Gasteiger partial charge in [0, 0.05) is 19.0 Å². The maximum absolute atomic E-state index is 13.5. The van der Waals surface area contributed by atoms with Crippen molar-refractivity contribution >= 4 is 17.2 Å². The average Bonchev–Trinajstić information content (AvgIpc) is 3.16. The topological polar surface area (TPSA) is 82.7 Å². The molecule has 4 rings (SSSR count). The van der Waals surface area contributed by atoms with Crippen LogP contribution in [0.5, 0.6) is 0 Å². The van der Waals surface area contributed by atoms with Crippen molar-refractivity contribution in [3.63, 3.8) is 0 Å². The summed E-state index contributed by atoms with van der Waals surface area (Å²) in [7, 11) is 1.85. The molecule has 2 heterocycles. The molecule has 2 aromatic carbocycles. The van der Waals surface area contributed by atoms with Gasteiger partial charge in [0.25, 0.3) is 5.56 Å². The van der Waals surface area contributed by atoms with Crippen molar-refractivity contribution in [2.75, 3.05) is 0 Å². The maximum atomic E-state index is 13.5. The van der Waals surface area contributed by atoms with Gasteiger partial charge in [-0.3, -0.25) is 14.2 Å². The summed E-state index contributed by atoms with van der Waals surface area (Å²) in [4.78, 5) is 28.3. The van der Waals surface area contributed by atoms with Crippen molar-refractivity contribution in [1.82, 2.24) is 24.3 Å². The summed E-state index contributed by atoms with van der Waals surface area (Å²) in [6, 6.07) is 8.96. The molecule has 4 aromatic rings. The first kappa shape index (κ1) is 22.4. The molecule has 0 amide bonds. The van der Waals surface area contributed by atoms with Gasteiger partial charge in [-0.1, -0.05) is 26.0 Å². The van der Waals surface area contributed by atoms with Gasteiger partial charge in [0.1, 0.15) is 24.8 Å². The molecule has 0 aliphatic heterocycles. The molecule has 7 nitrogen and oxygen atoms in total. The van der Waals surface area contributed by atoms with Crippen LogP contribution in [0.3, 0.4) is 0 Å². The van der Waals surface area contributed by atoms with E-state index < -0.39 is 22.8 Å². The zero-order valence-corrected chi connectivity index (χ0v) is 18.1. The lowest BCUT2D eigenvalue weighted by atomic mass is 9.81. The Morgan fingerprint density at radius 2 is 1.85 bits per heavy atom. The number of aromatic nitrogens is 5. The number of aldehydes is 1. The third-order valence-electron chi connectivity index (χ3n) is 5.64. The van der Waals surface area contributed by atoms with E-state index in [1.165, 1.54) is 4.57 Å². The minimum absolute atomic E-state index is 0.245. The predicted octanol–water partition coefficient (Wildman–Crippen LogP) is 3.87. The number of fused-ring (bicyclic) bond motifs is 1. The first-order valence-corrected chi connectivity index (χ1v) is 10.0. The minimum Gasteiger partial charge on any atom is -0.321 e. The van der Waals surface area contributed by atoms with Crippen LogP contribution in [0.15, 0.2) is 53.8 Å². The summed E-state index contributed by atoms with van der Waals surface area (Å²) < 4.78 is 43.4. The number of carbonyl (C=O) groups excluding carboxylic acids is 1. The molecule has 0 spiro atoms. The Balaban J connectivity index is 1.83. The molecule has 0 atom stereocenters. The molecule has 0 aliphatic carbocycles. The highest BCUT2D eigenvalue weighted by Crippen LogP contribution is 2.34. The van der Waals surface area contributed by atoms with E-state index in [1.807, 2.05) is 31.5 Å². The summed E-state index contributed by atoms with van der Waals surface area (Å²) in [5, 5.41) is 7.75. The summed E-state index contributed by atoms with van der Waals surface area (Å²) >= 11 is 0. The summed E-state index contributed by atoms with van der Waals surface area (Å²) in [6.07, 6.45) is -1.20. The number of alkyl halides is 3. The number of carbonyl (C=O) groups is 1. The summed E-state index contributed by atoms with van der Waals surface area (Å²) in [5.41, 5.74) is -1.59. The van der Waals surface area contributed by atoms with Crippen LogP contribution in [0.25, 0.3) is 16.6 Å². The van der Waals surface area contributed by atoms with Crippen LogP contribution < -0.4 is 5.56 Å². The number of nitrogens with zero attached hydrogens (tertiary/aromatic N) is 5. The zero-order chi connectivity index (χ0) is 24.0. The molecule has 170 valence electrons. The Morgan fingerprint density at radius 3 is 2.48 bits per heavy atom. The second kappa shape index (κ2) is 7.95. The van der Waals surface area contributed by atoms with Crippen LogP contribution in [0.1, 0.15) is 41.2 Å². The van der Waals surface area contributed by atoms with Gasteiger partial charge in [0.2, 0.25) is 0 Å². The van der Waals surface area contributed by atoms with E-state index in [0.29, 0.717) is 18.2 Å². The molecule has 0 saturated heterocycles. The number of rotatable bonds is 5. The molecule has 0 bridgehead atoms. The number of hydrogen-bond donors (Lipinski definition) is 0. The lowest BCUT2D eigenvalue weighted by Gasteiger charge is -2.25. The van der Waals surface area contributed by atoms with Crippen LogP contribution in [0, 0.1) is 0 Å². The molecule has 10 heteroatoms. The van der Waals surface area contributed by atoms with Gasteiger partial charge in [-0.15, -0.1) is 10.2 Å². The first-order chi connectivity index (χ1) is 15.5. The Morgan fingerprint density at radius 1 is 1.09 bits per heavy atom. The Kier molecular flexibility index (Phi) is 5.39. The minimum atomic E-state index is -4.76. The molecule has 2 aromatic heterocycles. The quantitative estimate of drug-likeness (QED) is 0.427. The second-order valence-corrected chi connectivity index (χ2v) is 8.47. The van der Waals surface area contributed by atoms with E-state index in [2.05, 4.69) is 15.2 Å². The van der Waals surface area contributed by atoms with Gasteiger partial charge < -0.3 is 4.57 Å². The fraction of sp³-hybridized carbons (Fsp3) is 0.261. The third kappa shape index (κ3) is 4.15. The SMILES string of the molecule is Cn1cnnc1CC(C)(C)c1cccc(-n2cnc3c(C(F)(F)F)cc(C=O)cc3c2=O)c1. The fourth-order valence-electron chi connectivity index (χ4n) is 3.77. The van der Waals surface area contributed by atoms with Crippen LogP contribution in [-0.2, 0) is 25.1 Å². The van der Waals surface area contributed by atoms with Crippen LogP contribution in [0.2, 0.25) is 0 Å². The average molecular weight is 455 g/mol. The van der Waals surface area contributed by atoms with Gasteiger partial charge in [0.15, 0.2) is 0 Å². The molecular formula is C23H20F3N5O2. The number of aryl methyl sites for hydroxylation is 1. The van der Waals surface area contributed by atoms with Gasteiger partial charge in [-0.2, -0.15) is 13.2 Å². The van der Waals surface area contributed by atoms with E-state index in [4.69, 9.17) is 0 Å². The maximum Gasteiger partial charge on any atom is 0.418 e. The lowest BCUT2D eigenvalue weighted by Crippen LogP contribution is -2.24. The van der Waals surface area contributed by atoms with E-state index in [-0.39, 0.29) is 22.7 Å². The Bertz CT molecular complexity index is 1420. The number of hydrogen-bond acceptors (Lipinski definition) is 5. The molecule has 0 radical (unpaired) electrons. The van der Waals surface area contributed by atoms with Gasteiger partial charge >= 0.3 is 6.18 Å². The molecule has 0 N–H and O–H groups in total. The number of halogens is 3. The van der Waals surface area contributed by atoms with E-state index in [9.17, 15) is 22.8 Å². The van der Waals surface area contributed by atoms with Gasteiger partial charge in [0.05, 0.1) is 22.2 Å². The fourth-order valence-corrected chi connectivity index (χ4v) is 3.77. The first-order valence-electron chi connectivity index (χ1n) is 10.0. The highest BCUT2D eigenvalue weighted by atomic mass is 19.4. The summed E-state index contributed by atoms with van der Waals surface area (Å²) in [6.45, 7) is 4.04. The Hall–Kier alpha value is -3.82. The van der Waals surface area contributed by atoms with Crippen molar-refractivity contribution in [3.8, 4) is 5.69 Å². The molecule has 0 aliphatic rings. The molecule has 0 unspecified atom stereocenters. The van der Waals surface area contributed by atoms with E-state index in [1.54, 1.807) is 24.5 Å². The largest absolute Gasteiger partial charge is 0.418 e. The molecule has 0 fully saturated rings.